The van der Waals surface area contributed by atoms with E-state index in [1.807, 2.05) is 18.2 Å². The van der Waals surface area contributed by atoms with Crippen LogP contribution in [0, 0.1) is 0 Å². The predicted molar refractivity (Wildman–Crippen MR) is 163 cm³/mol. The third-order valence-corrected chi connectivity index (χ3v) is 9.13. The van der Waals surface area contributed by atoms with Crippen LogP contribution in [0.2, 0.25) is 0 Å². The molecular formula is C29H29ClN4O5S2. The third kappa shape index (κ3) is 6.88. The second-order valence-corrected chi connectivity index (χ2v) is 12.1. The van der Waals surface area contributed by atoms with Crippen LogP contribution < -0.4 is 20.5 Å². The fourth-order valence-electron chi connectivity index (χ4n) is 4.65. The van der Waals surface area contributed by atoms with E-state index in [-0.39, 0.29) is 28.6 Å². The number of halogens is 1. The first-order valence-electron chi connectivity index (χ1n) is 12.5. The highest BCUT2D eigenvalue weighted by Gasteiger charge is 2.28. The summed E-state index contributed by atoms with van der Waals surface area (Å²) in [6.07, 6.45) is 0.648. The van der Waals surface area contributed by atoms with Gasteiger partial charge in [0, 0.05) is 35.8 Å². The number of nitrogens with two attached hydrogens (primary N) is 1. The Morgan fingerprint density at radius 1 is 1.02 bits per heavy atom. The van der Waals surface area contributed by atoms with E-state index < -0.39 is 21.8 Å². The van der Waals surface area contributed by atoms with E-state index in [2.05, 4.69) is 27.1 Å². The van der Waals surface area contributed by atoms with Gasteiger partial charge in [-0.3, -0.25) is 19.2 Å². The SMILES string of the molecule is COc1ccc(S(=O)(=O)Nc2cccc(C(=O)Nc3sc4c(c3C(N)=O)CCN(Cc3ccccc3)C4)c2)cc1.Cl. The van der Waals surface area contributed by atoms with Gasteiger partial charge in [0.15, 0.2) is 0 Å². The second kappa shape index (κ2) is 12.7. The van der Waals surface area contributed by atoms with Gasteiger partial charge in [-0.05, 0) is 60.0 Å². The lowest BCUT2D eigenvalue weighted by molar-refractivity contribution is 0.0999. The van der Waals surface area contributed by atoms with E-state index in [4.69, 9.17) is 10.5 Å². The highest BCUT2D eigenvalue weighted by molar-refractivity contribution is 7.92. The third-order valence-electron chi connectivity index (χ3n) is 6.61. The monoisotopic (exact) mass is 612 g/mol. The highest BCUT2D eigenvalue weighted by Crippen LogP contribution is 2.37. The molecule has 4 aromatic rings. The zero-order valence-corrected chi connectivity index (χ0v) is 24.6. The Morgan fingerprint density at radius 3 is 2.44 bits per heavy atom. The van der Waals surface area contributed by atoms with Crippen LogP contribution in [-0.4, -0.2) is 38.8 Å². The number of benzene rings is 3. The second-order valence-electron chi connectivity index (χ2n) is 9.33. The molecule has 0 unspecified atom stereocenters. The number of amides is 2. The number of sulfonamides is 1. The summed E-state index contributed by atoms with van der Waals surface area (Å²) in [6, 6.07) is 22.3. The maximum atomic E-state index is 13.2. The van der Waals surface area contributed by atoms with Crippen LogP contribution >= 0.6 is 23.7 Å². The fraction of sp³-hybridized carbons (Fsp3) is 0.172. The molecule has 2 heterocycles. The molecule has 0 saturated carbocycles. The molecule has 0 aliphatic carbocycles. The fourth-order valence-corrected chi connectivity index (χ4v) is 6.99. The van der Waals surface area contributed by atoms with Crippen molar-refractivity contribution in [2.45, 2.75) is 24.4 Å². The Morgan fingerprint density at radius 2 is 1.76 bits per heavy atom. The maximum Gasteiger partial charge on any atom is 0.261 e. The Bertz CT molecular complexity index is 1660. The number of nitrogens with zero attached hydrogens (tertiary/aromatic N) is 1. The first kappa shape index (κ1) is 30.1. The summed E-state index contributed by atoms with van der Waals surface area (Å²) in [4.78, 5) is 29.0. The lowest BCUT2D eigenvalue weighted by atomic mass is 10.0. The van der Waals surface area contributed by atoms with Crippen molar-refractivity contribution in [2.75, 3.05) is 23.7 Å². The van der Waals surface area contributed by atoms with E-state index in [1.165, 1.54) is 42.2 Å². The Hall–Kier alpha value is -3.90. The number of carbonyl (C=O) groups excluding carboxylic acids is 2. The molecule has 1 aromatic heterocycles. The first-order valence-corrected chi connectivity index (χ1v) is 14.8. The largest absolute Gasteiger partial charge is 0.497 e. The Balaban J connectivity index is 0.00000387. The minimum atomic E-state index is -3.89. The van der Waals surface area contributed by atoms with Crippen LogP contribution in [0.1, 0.15) is 36.7 Å². The molecule has 9 nitrogen and oxygen atoms in total. The normalized spacial score (nSPS) is 13.0. The van der Waals surface area contributed by atoms with Gasteiger partial charge in [-0.1, -0.05) is 36.4 Å². The van der Waals surface area contributed by atoms with Crippen molar-refractivity contribution in [1.29, 1.82) is 0 Å². The average molecular weight is 613 g/mol. The van der Waals surface area contributed by atoms with E-state index in [9.17, 15) is 18.0 Å². The van der Waals surface area contributed by atoms with Crippen LogP contribution in [-0.2, 0) is 29.5 Å². The summed E-state index contributed by atoms with van der Waals surface area (Å²) < 4.78 is 33.3. The van der Waals surface area contributed by atoms with Crippen molar-refractivity contribution in [3.8, 4) is 5.75 Å². The van der Waals surface area contributed by atoms with Gasteiger partial charge >= 0.3 is 0 Å². The van der Waals surface area contributed by atoms with Crippen molar-refractivity contribution >= 4 is 56.3 Å². The van der Waals surface area contributed by atoms with Gasteiger partial charge in [0.05, 0.1) is 17.6 Å². The lowest BCUT2D eigenvalue weighted by Gasteiger charge is -2.27. The van der Waals surface area contributed by atoms with Crippen molar-refractivity contribution in [1.82, 2.24) is 4.90 Å². The quantitative estimate of drug-likeness (QED) is 0.247. The van der Waals surface area contributed by atoms with Crippen molar-refractivity contribution in [3.63, 3.8) is 0 Å². The summed E-state index contributed by atoms with van der Waals surface area (Å²) in [7, 11) is -2.39. The summed E-state index contributed by atoms with van der Waals surface area (Å²) in [6.45, 7) is 2.20. The highest BCUT2D eigenvalue weighted by atomic mass is 35.5. The minimum absolute atomic E-state index is 0. The number of hydrogen-bond donors (Lipinski definition) is 3. The van der Waals surface area contributed by atoms with Gasteiger partial charge in [0.1, 0.15) is 10.8 Å². The molecule has 214 valence electrons. The number of primary amides is 1. The molecular weight excluding hydrogens is 584 g/mol. The van der Waals surface area contributed by atoms with Crippen molar-refractivity contribution in [3.05, 3.63) is 106 Å². The smallest absolute Gasteiger partial charge is 0.261 e. The van der Waals surface area contributed by atoms with Crippen LogP contribution in [0.3, 0.4) is 0 Å². The van der Waals surface area contributed by atoms with Crippen LogP contribution in [0.4, 0.5) is 10.7 Å². The van der Waals surface area contributed by atoms with Crippen molar-refractivity contribution < 1.29 is 22.7 Å². The average Bonchev–Trinajstić information content (AvgIpc) is 3.30. The first-order chi connectivity index (χ1) is 19.2. The molecule has 4 N–H and O–H groups in total. The van der Waals surface area contributed by atoms with E-state index in [0.29, 0.717) is 29.3 Å². The molecule has 0 fully saturated rings. The minimum Gasteiger partial charge on any atom is -0.497 e. The maximum absolute atomic E-state index is 13.2. The molecule has 2 amide bonds. The van der Waals surface area contributed by atoms with Gasteiger partial charge in [0.25, 0.3) is 21.8 Å². The topological polar surface area (TPSA) is 131 Å². The van der Waals surface area contributed by atoms with Gasteiger partial charge in [-0.25, -0.2) is 8.42 Å². The molecule has 41 heavy (non-hydrogen) atoms. The molecule has 3 aromatic carbocycles. The number of hydrogen-bond acceptors (Lipinski definition) is 7. The molecule has 1 aliphatic heterocycles. The van der Waals surface area contributed by atoms with Gasteiger partial charge in [-0.2, -0.15) is 0 Å². The molecule has 1 aliphatic rings. The summed E-state index contributed by atoms with van der Waals surface area (Å²) in [5.74, 6) is -0.537. The van der Waals surface area contributed by atoms with Crippen LogP contribution in [0.5, 0.6) is 5.75 Å². The number of carbonyl (C=O) groups is 2. The summed E-state index contributed by atoms with van der Waals surface area (Å²) >= 11 is 1.35. The van der Waals surface area contributed by atoms with Gasteiger partial charge in [-0.15, -0.1) is 23.7 Å². The number of fused-ring (bicyclic) bond motifs is 1. The lowest BCUT2D eigenvalue weighted by Crippen LogP contribution is -2.30. The number of nitrogens with one attached hydrogen (secondary N) is 2. The number of methoxy groups -OCH3 is 1. The number of thiophene rings is 1. The molecule has 0 radical (unpaired) electrons. The molecule has 0 saturated heterocycles. The van der Waals surface area contributed by atoms with Gasteiger partial charge < -0.3 is 15.8 Å². The van der Waals surface area contributed by atoms with Gasteiger partial charge in [0.2, 0.25) is 0 Å². The molecule has 0 spiro atoms. The van der Waals surface area contributed by atoms with E-state index in [1.54, 1.807) is 30.3 Å². The van der Waals surface area contributed by atoms with E-state index >= 15 is 0 Å². The number of rotatable bonds is 9. The van der Waals surface area contributed by atoms with Crippen LogP contribution in [0.15, 0.2) is 83.8 Å². The Kier molecular flexibility index (Phi) is 9.34. The zero-order chi connectivity index (χ0) is 28.3. The number of anilines is 2. The number of ether oxygens (including phenoxy) is 1. The molecule has 0 bridgehead atoms. The molecule has 0 atom stereocenters. The molecule has 5 rings (SSSR count). The predicted octanol–water partition coefficient (Wildman–Crippen LogP) is 4.89. The Labute approximate surface area is 248 Å². The summed E-state index contributed by atoms with van der Waals surface area (Å²) in [5, 5.41) is 3.23. The van der Waals surface area contributed by atoms with Crippen molar-refractivity contribution in [2.24, 2.45) is 5.73 Å². The molecule has 12 heteroatoms. The zero-order valence-electron chi connectivity index (χ0n) is 22.1. The van der Waals surface area contributed by atoms with E-state index in [0.717, 1.165) is 23.5 Å². The standard InChI is InChI=1S/C29H28N4O5S2.ClH/c1-38-22-10-12-23(13-11-22)40(36,37)32-21-9-5-8-20(16-21)28(35)31-29-26(27(30)34)24-14-15-33(18-25(24)39-29)17-19-6-3-2-4-7-19;/h2-13,16,32H,14-15,17-18H2,1H3,(H2,30,34)(H,31,35);1H. The van der Waals surface area contributed by atoms with Crippen LogP contribution in [0.25, 0.3) is 0 Å². The summed E-state index contributed by atoms with van der Waals surface area (Å²) in [5.41, 5.74) is 8.60.